The van der Waals surface area contributed by atoms with E-state index in [0.717, 1.165) is 58.2 Å². The summed E-state index contributed by atoms with van der Waals surface area (Å²) in [5.74, 6) is 1.04. The van der Waals surface area contributed by atoms with Gasteiger partial charge in [0.2, 0.25) is 0 Å². The lowest BCUT2D eigenvalue weighted by molar-refractivity contribution is 0.113. The molecule has 0 bridgehead atoms. The van der Waals surface area contributed by atoms with Gasteiger partial charge in [0.05, 0.1) is 6.54 Å². The molecule has 0 saturated carbocycles. The van der Waals surface area contributed by atoms with Crippen LogP contribution in [0.1, 0.15) is 17.5 Å². The molecule has 1 aromatic heterocycles. The van der Waals surface area contributed by atoms with Gasteiger partial charge in [-0.2, -0.15) is 5.10 Å². The summed E-state index contributed by atoms with van der Waals surface area (Å²) in [4.78, 5) is 5.04. The number of piperazine rings is 1. The summed E-state index contributed by atoms with van der Waals surface area (Å²) in [7, 11) is 0. The molecule has 2 heterocycles. The smallest absolute Gasteiger partial charge is 0.119 e. The molecule has 1 fully saturated rings. The molecule has 0 spiro atoms. The normalized spacial score (nSPS) is 18.4. The van der Waals surface area contributed by atoms with Gasteiger partial charge in [0, 0.05) is 51.7 Å². The molecule has 25 heavy (non-hydrogen) atoms. The highest BCUT2D eigenvalue weighted by Crippen LogP contribution is 2.25. The van der Waals surface area contributed by atoms with Crippen LogP contribution < -0.4 is 4.74 Å². The lowest BCUT2D eigenvalue weighted by atomic mass is 10.1. The van der Waals surface area contributed by atoms with Gasteiger partial charge in [0.25, 0.3) is 0 Å². The Balaban J connectivity index is 1.14. The number of rotatable bonds is 7. The second-order valence-corrected chi connectivity index (χ2v) is 7.08. The molecule has 2 aromatic rings. The summed E-state index contributed by atoms with van der Waals surface area (Å²) >= 11 is 0. The van der Waals surface area contributed by atoms with Crippen LogP contribution in [0.4, 0.5) is 0 Å². The Kier molecular flexibility index (Phi) is 5.33. The van der Waals surface area contributed by atoms with E-state index < -0.39 is 0 Å². The lowest BCUT2D eigenvalue weighted by Gasteiger charge is -2.34. The third-order valence-electron chi connectivity index (χ3n) is 5.42. The van der Waals surface area contributed by atoms with Crippen molar-refractivity contribution in [2.75, 3.05) is 45.9 Å². The Labute approximate surface area is 150 Å². The van der Waals surface area contributed by atoms with E-state index in [-0.39, 0.29) is 0 Å². The second-order valence-electron chi connectivity index (χ2n) is 7.08. The van der Waals surface area contributed by atoms with Crippen molar-refractivity contribution in [1.29, 1.82) is 0 Å². The molecule has 5 nitrogen and oxygen atoms in total. The zero-order valence-electron chi connectivity index (χ0n) is 14.9. The molecule has 0 unspecified atom stereocenters. The maximum Gasteiger partial charge on any atom is 0.119 e. The molecule has 0 amide bonds. The van der Waals surface area contributed by atoms with E-state index >= 15 is 0 Å². The predicted octanol–water partition coefficient (Wildman–Crippen LogP) is 2.07. The number of aromatic nitrogens is 2. The minimum Gasteiger partial charge on any atom is -0.492 e. The Hall–Kier alpha value is -1.85. The average Bonchev–Trinajstić information content (AvgIpc) is 3.32. The summed E-state index contributed by atoms with van der Waals surface area (Å²) in [5.41, 5.74) is 3.00. The molecule has 2 aliphatic rings. The van der Waals surface area contributed by atoms with Crippen molar-refractivity contribution in [2.24, 2.45) is 0 Å². The van der Waals surface area contributed by atoms with Crippen molar-refractivity contribution in [3.05, 3.63) is 47.8 Å². The van der Waals surface area contributed by atoms with Gasteiger partial charge in [0.1, 0.15) is 12.4 Å². The Morgan fingerprint density at radius 1 is 0.920 bits per heavy atom. The Bertz CT molecular complexity index is 662. The molecule has 134 valence electrons. The van der Waals surface area contributed by atoms with E-state index in [4.69, 9.17) is 4.74 Å². The standard InChI is InChI=1S/C20H28N4O/c1-3-18-5-6-20(17-19(18)4-1)25-16-15-23-11-9-22(10-12-23)13-14-24-8-2-7-21-24/h2,5-8,17H,1,3-4,9-16H2. The average molecular weight is 340 g/mol. The zero-order valence-corrected chi connectivity index (χ0v) is 14.9. The number of nitrogens with zero attached hydrogens (tertiary/aromatic N) is 4. The van der Waals surface area contributed by atoms with Crippen LogP contribution in [0.2, 0.25) is 0 Å². The maximum absolute atomic E-state index is 5.99. The molecule has 1 aliphatic heterocycles. The Morgan fingerprint density at radius 3 is 2.52 bits per heavy atom. The highest BCUT2D eigenvalue weighted by atomic mass is 16.5. The molecule has 0 N–H and O–H groups in total. The largest absolute Gasteiger partial charge is 0.492 e. The van der Waals surface area contributed by atoms with Crippen LogP contribution in [0.15, 0.2) is 36.7 Å². The quantitative estimate of drug-likeness (QED) is 0.773. The zero-order chi connectivity index (χ0) is 16.9. The fourth-order valence-electron chi connectivity index (χ4n) is 3.84. The third-order valence-corrected chi connectivity index (χ3v) is 5.42. The molecule has 0 radical (unpaired) electrons. The molecule has 1 saturated heterocycles. The van der Waals surface area contributed by atoms with Crippen LogP contribution in [0, 0.1) is 0 Å². The highest BCUT2D eigenvalue weighted by molar-refractivity contribution is 5.38. The van der Waals surface area contributed by atoms with Gasteiger partial charge in [-0.05, 0) is 48.6 Å². The molecule has 0 atom stereocenters. The van der Waals surface area contributed by atoms with Gasteiger partial charge in [-0.15, -0.1) is 0 Å². The number of fused-ring (bicyclic) bond motifs is 1. The maximum atomic E-state index is 5.99. The SMILES string of the molecule is c1cnn(CCN2CCN(CCOc3ccc4c(c3)CCC4)CC2)c1. The summed E-state index contributed by atoms with van der Waals surface area (Å²) < 4.78 is 8.00. The van der Waals surface area contributed by atoms with Crippen molar-refractivity contribution >= 4 is 0 Å². The van der Waals surface area contributed by atoms with E-state index in [2.05, 4.69) is 33.1 Å². The molecule has 1 aromatic carbocycles. The first-order valence-electron chi connectivity index (χ1n) is 9.53. The first kappa shape index (κ1) is 16.6. The van der Waals surface area contributed by atoms with E-state index in [1.165, 1.54) is 30.4 Å². The van der Waals surface area contributed by atoms with Crippen LogP contribution >= 0.6 is 0 Å². The molecular formula is C20H28N4O. The summed E-state index contributed by atoms with van der Waals surface area (Å²) in [6.07, 6.45) is 7.63. The van der Waals surface area contributed by atoms with Crippen molar-refractivity contribution in [2.45, 2.75) is 25.8 Å². The number of hydrogen-bond donors (Lipinski definition) is 0. The van der Waals surface area contributed by atoms with Gasteiger partial charge in [0.15, 0.2) is 0 Å². The van der Waals surface area contributed by atoms with Crippen LogP contribution in [0.5, 0.6) is 5.75 Å². The van der Waals surface area contributed by atoms with Crippen LogP contribution in [0.3, 0.4) is 0 Å². The minimum absolute atomic E-state index is 0.784. The fraction of sp³-hybridized carbons (Fsp3) is 0.550. The van der Waals surface area contributed by atoms with Gasteiger partial charge < -0.3 is 4.74 Å². The van der Waals surface area contributed by atoms with Crippen molar-refractivity contribution in [3.63, 3.8) is 0 Å². The topological polar surface area (TPSA) is 33.5 Å². The van der Waals surface area contributed by atoms with Crippen molar-refractivity contribution < 1.29 is 4.74 Å². The minimum atomic E-state index is 0.784. The van der Waals surface area contributed by atoms with Crippen molar-refractivity contribution in [3.8, 4) is 5.75 Å². The first-order chi connectivity index (χ1) is 12.4. The van der Waals surface area contributed by atoms with Gasteiger partial charge in [-0.1, -0.05) is 6.07 Å². The number of hydrogen-bond acceptors (Lipinski definition) is 4. The summed E-state index contributed by atoms with van der Waals surface area (Å²) in [6, 6.07) is 8.61. The van der Waals surface area contributed by atoms with Gasteiger partial charge in [-0.25, -0.2) is 0 Å². The third kappa shape index (κ3) is 4.41. The number of aryl methyl sites for hydroxylation is 2. The van der Waals surface area contributed by atoms with Gasteiger partial charge in [-0.3, -0.25) is 14.5 Å². The molecule has 1 aliphatic carbocycles. The van der Waals surface area contributed by atoms with Gasteiger partial charge >= 0.3 is 0 Å². The molecule has 4 rings (SSSR count). The Morgan fingerprint density at radius 2 is 1.72 bits per heavy atom. The van der Waals surface area contributed by atoms with Crippen molar-refractivity contribution in [1.82, 2.24) is 19.6 Å². The van der Waals surface area contributed by atoms with Crippen LogP contribution in [-0.2, 0) is 19.4 Å². The van der Waals surface area contributed by atoms with Crippen LogP contribution in [0.25, 0.3) is 0 Å². The summed E-state index contributed by atoms with van der Waals surface area (Å²) in [6.45, 7) is 8.41. The fourth-order valence-corrected chi connectivity index (χ4v) is 3.84. The molecule has 5 heteroatoms. The number of ether oxygens (including phenoxy) is 1. The van der Waals surface area contributed by atoms with E-state index in [9.17, 15) is 0 Å². The first-order valence-corrected chi connectivity index (χ1v) is 9.53. The van der Waals surface area contributed by atoms with E-state index in [1.807, 2.05) is 23.1 Å². The molecular weight excluding hydrogens is 312 g/mol. The lowest BCUT2D eigenvalue weighted by Crippen LogP contribution is -2.48. The number of benzene rings is 1. The predicted molar refractivity (Wildman–Crippen MR) is 99.1 cm³/mol. The summed E-state index contributed by atoms with van der Waals surface area (Å²) in [5, 5.41) is 4.27. The van der Waals surface area contributed by atoms with E-state index in [0.29, 0.717) is 0 Å². The monoisotopic (exact) mass is 340 g/mol. The van der Waals surface area contributed by atoms with Crippen LogP contribution in [-0.4, -0.2) is 65.5 Å². The second kappa shape index (κ2) is 8.02. The highest BCUT2D eigenvalue weighted by Gasteiger charge is 2.16. The van der Waals surface area contributed by atoms with E-state index in [1.54, 1.807) is 0 Å².